The van der Waals surface area contributed by atoms with Crippen molar-refractivity contribution in [1.29, 1.82) is 0 Å². The van der Waals surface area contributed by atoms with Gasteiger partial charge in [0, 0.05) is 6.54 Å². The molecule has 0 aromatic rings. The summed E-state index contributed by atoms with van der Waals surface area (Å²) in [5, 5.41) is 18.7. The highest BCUT2D eigenvalue weighted by atomic mass is 16.5. The molecule has 0 amide bonds. The van der Waals surface area contributed by atoms with E-state index in [-0.39, 0.29) is 12.3 Å². The summed E-state index contributed by atoms with van der Waals surface area (Å²) in [6.45, 7) is 3.63. The highest BCUT2D eigenvalue weighted by Crippen LogP contribution is 2.20. The minimum absolute atomic E-state index is 0.129. The lowest BCUT2D eigenvalue weighted by Gasteiger charge is -2.37. The van der Waals surface area contributed by atoms with Crippen molar-refractivity contribution >= 4 is 0 Å². The first kappa shape index (κ1) is 9.47. The molecular weight excluding hydrogens is 160 g/mol. The third-order valence-electron chi connectivity index (χ3n) is 2.01. The van der Waals surface area contributed by atoms with Gasteiger partial charge >= 0.3 is 0 Å². The Morgan fingerprint density at radius 3 is 2.50 bits per heavy atom. The molecule has 4 atom stereocenters. The van der Waals surface area contributed by atoms with Crippen LogP contribution >= 0.6 is 0 Å². The minimum atomic E-state index is -1.04. The topological polar surface area (TPSA) is 102 Å². The summed E-state index contributed by atoms with van der Waals surface area (Å²) in [4.78, 5) is 0. The number of hydrogen-bond donors (Lipinski definition) is 4. The highest BCUT2D eigenvalue weighted by Gasteiger charge is 2.38. The van der Waals surface area contributed by atoms with Gasteiger partial charge in [-0.1, -0.05) is 6.58 Å². The van der Waals surface area contributed by atoms with Gasteiger partial charge in [0.15, 0.2) is 0 Å². The van der Waals surface area contributed by atoms with Crippen LogP contribution < -0.4 is 11.5 Å². The molecule has 5 heteroatoms. The number of aliphatic hydroxyl groups is 2. The molecule has 0 spiro atoms. The third kappa shape index (κ3) is 1.44. The zero-order valence-corrected chi connectivity index (χ0v) is 6.68. The average Bonchev–Trinajstić information content (AvgIpc) is 2.08. The van der Waals surface area contributed by atoms with Crippen molar-refractivity contribution in [2.75, 3.05) is 6.54 Å². The van der Waals surface area contributed by atoms with E-state index in [9.17, 15) is 10.2 Å². The Balaban J connectivity index is 2.70. The van der Waals surface area contributed by atoms with Crippen molar-refractivity contribution in [3.05, 3.63) is 12.3 Å². The van der Waals surface area contributed by atoms with Crippen LogP contribution in [0.3, 0.4) is 0 Å². The number of rotatable bonds is 1. The second kappa shape index (κ2) is 3.40. The van der Waals surface area contributed by atoms with Crippen LogP contribution in [-0.2, 0) is 4.74 Å². The summed E-state index contributed by atoms with van der Waals surface area (Å²) in [7, 11) is 0. The maximum Gasteiger partial charge on any atom is 0.139 e. The average molecular weight is 174 g/mol. The van der Waals surface area contributed by atoms with Gasteiger partial charge in [-0.05, 0) is 0 Å². The van der Waals surface area contributed by atoms with Gasteiger partial charge < -0.3 is 26.4 Å². The van der Waals surface area contributed by atoms with E-state index in [2.05, 4.69) is 6.58 Å². The molecule has 70 valence electrons. The van der Waals surface area contributed by atoms with E-state index in [0.29, 0.717) is 0 Å². The second-order valence-corrected chi connectivity index (χ2v) is 2.87. The van der Waals surface area contributed by atoms with Gasteiger partial charge in [-0.2, -0.15) is 0 Å². The fraction of sp³-hybridized carbons (Fsp3) is 0.714. The Morgan fingerprint density at radius 1 is 1.42 bits per heavy atom. The van der Waals surface area contributed by atoms with Gasteiger partial charge in [-0.15, -0.1) is 0 Å². The lowest BCUT2D eigenvalue weighted by atomic mass is 9.97. The molecule has 6 N–H and O–H groups in total. The first-order valence-corrected chi connectivity index (χ1v) is 3.75. The number of hydrogen-bond acceptors (Lipinski definition) is 5. The zero-order valence-electron chi connectivity index (χ0n) is 6.68. The maximum atomic E-state index is 9.35. The van der Waals surface area contributed by atoms with Crippen LogP contribution in [0.4, 0.5) is 0 Å². The largest absolute Gasteiger partial charge is 0.489 e. The molecule has 0 aliphatic carbocycles. The molecule has 5 nitrogen and oxygen atoms in total. The molecule has 12 heavy (non-hydrogen) atoms. The smallest absolute Gasteiger partial charge is 0.139 e. The predicted molar refractivity (Wildman–Crippen MR) is 43.1 cm³/mol. The SMILES string of the molecule is C=C1OC(CN)[C@@H](O)[C@H](O)[C@H]1N. The first-order valence-electron chi connectivity index (χ1n) is 3.75. The van der Waals surface area contributed by atoms with E-state index in [4.69, 9.17) is 16.2 Å². The standard InChI is InChI=1S/C7H14N2O3/c1-3-5(9)7(11)6(10)4(2-8)12-3/h4-7,10-11H,1-2,8-9H2/t4?,5-,6+,7+/m0/s1. The zero-order chi connectivity index (χ0) is 9.30. The van der Waals surface area contributed by atoms with E-state index in [0.717, 1.165) is 0 Å². The monoisotopic (exact) mass is 174 g/mol. The molecule has 0 radical (unpaired) electrons. The van der Waals surface area contributed by atoms with Crippen LogP contribution in [0.15, 0.2) is 12.3 Å². The van der Waals surface area contributed by atoms with E-state index in [1.165, 1.54) is 0 Å². The fourth-order valence-electron chi connectivity index (χ4n) is 1.15. The predicted octanol–water partition coefficient (Wildman–Crippen LogP) is -2.09. The third-order valence-corrected chi connectivity index (χ3v) is 2.01. The summed E-state index contributed by atoms with van der Waals surface area (Å²) >= 11 is 0. The van der Waals surface area contributed by atoms with E-state index < -0.39 is 24.4 Å². The number of nitrogens with two attached hydrogens (primary N) is 2. The number of ether oxygens (including phenoxy) is 1. The summed E-state index contributed by atoms with van der Waals surface area (Å²) in [6, 6.07) is -0.734. The van der Waals surface area contributed by atoms with Crippen molar-refractivity contribution in [2.45, 2.75) is 24.4 Å². The van der Waals surface area contributed by atoms with Crippen molar-refractivity contribution in [2.24, 2.45) is 11.5 Å². The molecule has 1 aliphatic rings. The summed E-state index contributed by atoms with van der Waals surface area (Å²) in [5.74, 6) is 0.267. The molecule has 0 saturated carbocycles. The first-order chi connectivity index (χ1) is 5.57. The van der Waals surface area contributed by atoms with E-state index in [1.54, 1.807) is 0 Å². The second-order valence-electron chi connectivity index (χ2n) is 2.87. The molecule has 0 bridgehead atoms. The molecule has 1 heterocycles. The minimum Gasteiger partial charge on any atom is -0.489 e. The Kier molecular flexibility index (Phi) is 2.69. The van der Waals surface area contributed by atoms with Gasteiger partial charge in [0.2, 0.25) is 0 Å². The molecule has 1 saturated heterocycles. The van der Waals surface area contributed by atoms with Crippen molar-refractivity contribution < 1.29 is 14.9 Å². The van der Waals surface area contributed by atoms with Crippen LogP contribution in [0.1, 0.15) is 0 Å². The van der Waals surface area contributed by atoms with Crippen LogP contribution in [-0.4, -0.2) is 41.1 Å². The van der Waals surface area contributed by atoms with Crippen LogP contribution in [0.5, 0.6) is 0 Å². The Labute approximate surface area is 70.6 Å². The fourth-order valence-corrected chi connectivity index (χ4v) is 1.15. The van der Waals surface area contributed by atoms with Crippen LogP contribution in [0, 0.1) is 0 Å². The maximum absolute atomic E-state index is 9.35. The molecule has 0 aromatic carbocycles. The molecule has 1 rings (SSSR count). The van der Waals surface area contributed by atoms with Crippen molar-refractivity contribution in [3.63, 3.8) is 0 Å². The molecule has 1 aliphatic heterocycles. The number of aliphatic hydroxyl groups excluding tert-OH is 2. The van der Waals surface area contributed by atoms with E-state index >= 15 is 0 Å². The van der Waals surface area contributed by atoms with Gasteiger partial charge in [0.1, 0.15) is 24.1 Å². The van der Waals surface area contributed by atoms with Gasteiger partial charge in [0.05, 0.1) is 6.04 Å². The molecule has 0 aromatic heterocycles. The van der Waals surface area contributed by atoms with E-state index in [1.807, 2.05) is 0 Å². The molecular formula is C7H14N2O3. The Morgan fingerprint density at radius 2 is 2.00 bits per heavy atom. The highest BCUT2D eigenvalue weighted by molar-refractivity contribution is 5.07. The molecule has 1 unspecified atom stereocenters. The quantitative estimate of drug-likeness (QED) is 0.365. The summed E-state index contributed by atoms with van der Waals surface area (Å²) in [5.41, 5.74) is 10.7. The normalized spacial score (nSPS) is 42.5. The Hall–Kier alpha value is -0.620. The van der Waals surface area contributed by atoms with Crippen LogP contribution in [0.25, 0.3) is 0 Å². The van der Waals surface area contributed by atoms with Crippen molar-refractivity contribution in [1.82, 2.24) is 0 Å². The van der Waals surface area contributed by atoms with Crippen LogP contribution in [0.2, 0.25) is 0 Å². The lowest BCUT2D eigenvalue weighted by Crippen LogP contribution is -2.56. The van der Waals surface area contributed by atoms with Gasteiger partial charge in [-0.25, -0.2) is 0 Å². The molecule has 1 fully saturated rings. The summed E-state index contributed by atoms with van der Waals surface area (Å²) < 4.78 is 5.08. The Bertz CT molecular complexity index is 183. The summed E-state index contributed by atoms with van der Waals surface area (Å²) in [6.07, 6.45) is -2.68. The lowest BCUT2D eigenvalue weighted by molar-refractivity contribution is -0.110. The van der Waals surface area contributed by atoms with Gasteiger partial charge in [-0.3, -0.25) is 0 Å². The van der Waals surface area contributed by atoms with Crippen molar-refractivity contribution in [3.8, 4) is 0 Å². The van der Waals surface area contributed by atoms with Gasteiger partial charge in [0.25, 0.3) is 0 Å².